The maximum Gasteiger partial charge on any atom is 0.407 e. The van der Waals surface area contributed by atoms with Crippen molar-refractivity contribution in [2.75, 3.05) is 26.7 Å². The van der Waals surface area contributed by atoms with Gasteiger partial charge in [0, 0.05) is 38.9 Å². The number of unbranched alkanes of at least 4 members (excludes halogenated alkanes) is 1. The molecular weight excluding hydrogens is 444 g/mol. The molecule has 2 aromatic rings. The van der Waals surface area contributed by atoms with Gasteiger partial charge in [0.15, 0.2) is 0 Å². The molecule has 0 spiro atoms. The van der Waals surface area contributed by atoms with Crippen LogP contribution in [0.25, 0.3) is 11.1 Å². The number of carboxylic acids is 1. The van der Waals surface area contributed by atoms with Gasteiger partial charge in [0.1, 0.15) is 6.61 Å². The smallest absolute Gasteiger partial charge is 0.407 e. The Hall–Kier alpha value is -3.35. The fourth-order valence-electron chi connectivity index (χ4n) is 5.21. The van der Waals surface area contributed by atoms with Gasteiger partial charge in [0.25, 0.3) is 0 Å². The standard InChI is InChI=1S/C28H34N2O5/c1-30(16-7-6-13-26(32)33)25(31)17-28(14-8-15-28)19-29-27(34)35-18-24-22-11-4-2-9-20(22)21-10-3-5-12-23(21)24/h2-5,9-12,24H,6-8,13-19H2,1H3,(H,29,34)(H,32,33). The number of alkyl carbamates (subject to hydrolysis) is 1. The van der Waals surface area contributed by atoms with Crippen molar-refractivity contribution < 1.29 is 24.2 Å². The van der Waals surface area contributed by atoms with Crippen LogP contribution >= 0.6 is 0 Å². The maximum absolute atomic E-state index is 12.7. The fraction of sp³-hybridized carbons (Fsp3) is 0.464. The summed E-state index contributed by atoms with van der Waals surface area (Å²) in [6, 6.07) is 16.5. The second-order valence-corrected chi connectivity index (χ2v) is 9.88. The number of nitrogens with one attached hydrogen (secondary N) is 1. The van der Waals surface area contributed by atoms with Crippen LogP contribution in [0.2, 0.25) is 0 Å². The number of hydrogen-bond donors (Lipinski definition) is 2. The third kappa shape index (κ3) is 5.84. The molecule has 0 radical (unpaired) electrons. The van der Waals surface area contributed by atoms with Crippen molar-refractivity contribution in [2.24, 2.45) is 5.41 Å². The van der Waals surface area contributed by atoms with E-state index < -0.39 is 12.1 Å². The number of nitrogens with zero attached hydrogens (tertiary/aromatic N) is 1. The van der Waals surface area contributed by atoms with Crippen LogP contribution in [-0.4, -0.2) is 54.7 Å². The Kier molecular flexibility index (Phi) is 7.73. The lowest BCUT2D eigenvalue weighted by molar-refractivity contribution is -0.137. The average molecular weight is 479 g/mol. The molecule has 2 aliphatic carbocycles. The number of rotatable bonds is 11. The second kappa shape index (κ2) is 10.9. The van der Waals surface area contributed by atoms with Gasteiger partial charge in [-0.25, -0.2) is 4.79 Å². The summed E-state index contributed by atoms with van der Waals surface area (Å²) in [5.74, 6) is -0.761. The first-order valence-corrected chi connectivity index (χ1v) is 12.4. The molecule has 0 aliphatic heterocycles. The van der Waals surface area contributed by atoms with Crippen LogP contribution in [0.5, 0.6) is 0 Å². The second-order valence-electron chi connectivity index (χ2n) is 9.88. The molecule has 2 N–H and O–H groups in total. The third-order valence-corrected chi connectivity index (χ3v) is 7.45. The van der Waals surface area contributed by atoms with E-state index in [4.69, 9.17) is 9.84 Å². The Bertz CT molecular complexity index is 1030. The summed E-state index contributed by atoms with van der Waals surface area (Å²) in [4.78, 5) is 37.6. The maximum atomic E-state index is 12.7. The van der Waals surface area contributed by atoms with E-state index in [1.54, 1.807) is 11.9 Å². The number of fused-ring (bicyclic) bond motifs is 3. The average Bonchev–Trinajstić information content (AvgIpc) is 3.15. The van der Waals surface area contributed by atoms with Gasteiger partial charge in [-0.15, -0.1) is 0 Å². The molecule has 0 saturated heterocycles. The van der Waals surface area contributed by atoms with Crippen molar-refractivity contribution >= 4 is 18.0 Å². The fourth-order valence-corrected chi connectivity index (χ4v) is 5.21. The van der Waals surface area contributed by atoms with E-state index in [1.807, 2.05) is 24.3 Å². The monoisotopic (exact) mass is 478 g/mol. The molecule has 0 aromatic heterocycles. The molecule has 0 bridgehead atoms. The predicted molar refractivity (Wildman–Crippen MR) is 133 cm³/mol. The zero-order valence-electron chi connectivity index (χ0n) is 20.3. The Morgan fingerprint density at radius 1 is 1.03 bits per heavy atom. The van der Waals surface area contributed by atoms with E-state index in [0.717, 1.165) is 19.3 Å². The van der Waals surface area contributed by atoms with Crippen molar-refractivity contribution in [1.29, 1.82) is 0 Å². The molecular formula is C28H34N2O5. The van der Waals surface area contributed by atoms with E-state index in [9.17, 15) is 14.4 Å². The molecule has 1 saturated carbocycles. The van der Waals surface area contributed by atoms with Crippen LogP contribution in [0.1, 0.15) is 62.0 Å². The van der Waals surface area contributed by atoms with Gasteiger partial charge in [0.05, 0.1) is 0 Å². The van der Waals surface area contributed by atoms with E-state index in [0.29, 0.717) is 32.4 Å². The quantitative estimate of drug-likeness (QED) is 0.453. The molecule has 4 rings (SSSR count). The van der Waals surface area contributed by atoms with E-state index in [1.165, 1.54) is 22.3 Å². The molecule has 7 nitrogen and oxygen atoms in total. The zero-order chi connectivity index (χ0) is 24.8. The van der Waals surface area contributed by atoms with Gasteiger partial charge in [-0.3, -0.25) is 9.59 Å². The summed E-state index contributed by atoms with van der Waals surface area (Å²) in [5, 5.41) is 11.7. The van der Waals surface area contributed by atoms with Gasteiger partial charge in [0.2, 0.25) is 5.91 Å². The van der Waals surface area contributed by atoms with Crippen LogP contribution in [-0.2, 0) is 14.3 Å². The molecule has 1 fully saturated rings. The number of carbonyl (C=O) groups is 3. The zero-order valence-corrected chi connectivity index (χ0v) is 20.3. The molecule has 2 amide bonds. The lowest BCUT2D eigenvalue weighted by Gasteiger charge is -2.42. The number of aliphatic carboxylic acids is 1. The molecule has 7 heteroatoms. The third-order valence-electron chi connectivity index (χ3n) is 7.45. The highest BCUT2D eigenvalue weighted by Crippen LogP contribution is 2.45. The van der Waals surface area contributed by atoms with Crippen LogP contribution in [0.4, 0.5) is 4.79 Å². The van der Waals surface area contributed by atoms with E-state index in [-0.39, 0.29) is 30.3 Å². The van der Waals surface area contributed by atoms with Crippen molar-refractivity contribution in [2.45, 2.75) is 50.9 Å². The summed E-state index contributed by atoms with van der Waals surface area (Å²) in [6.07, 6.45) is 4.11. The van der Waals surface area contributed by atoms with Gasteiger partial charge in [-0.1, -0.05) is 55.0 Å². The first kappa shape index (κ1) is 24.8. The van der Waals surface area contributed by atoms with E-state index >= 15 is 0 Å². The minimum atomic E-state index is -0.813. The van der Waals surface area contributed by atoms with Gasteiger partial charge >= 0.3 is 12.1 Å². The van der Waals surface area contributed by atoms with Crippen molar-refractivity contribution in [3.05, 3.63) is 59.7 Å². The highest BCUT2D eigenvalue weighted by molar-refractivity contribution is 5.79. The van der Waals surface area contributed by atoms with Crippen molar-refractivity contribution in [3.8, 4) is 11.1 Å². The number of carboxylic acid groups (broad SMARTS) is 1. The van der Waals surface area contributed by atoms with Gasteiger partial charge < -0.3 is 20.1 Å². The summed E-state index contributed by atoms with van der Waals surface area (Å²) in [5.41, 5.74) is 4.51. The summed E-state index contributed by atoms with van der Waals surface area (Å²) >= 11 is 0. The van der Waals surface area contributed by atoms with Gasteiger partial charge in [-0.2, -0.15) is 0 Å². The number of hydrogen-bond acceptors (Lipinski definition) is 4. The largest absolute Gasteiger partial charge is 0.481 e. The first-order chi connectivity index (χ1) is 16.9. The van der Waals surface area contributed by atoms with Crippen molar-refractivity contribution in [3.63, 3.8) is 0 Å². The Balaban J connectivity index is 1.26. The summed E-state index contributed by atoms with van der Waals surface area (Å²) in [6.45, 7) is 1.23. The molecule has 0 heterocycles. The first-order valence-electron chi connectivity index (χ1n) is 12.4. The number of amides is 2. The lowest BCUT2D eigenvalue weighted by atomic mass is 9.66. The summed E-state index contributed by atoms with van der Waals surface area (Å²) in [7, 11) is 1.76. The number of carbonyl (C=O) groups excluding carboxylic acids is 2. The van der Waals surface area contributed by atoms with Gasteiger partial charge in [-0.05, 0) is 53.4 Å². The Morgan fingerprint density at radius 3 is 2.23 bits per heavy atom. The van der Waals surface area contributed by atoms with Crippen molar-refractivity contribution in [1.82, 2.24) is 10.2 Å². The summed E-state index contributed by atoms with van der Waals surface area (Å²) < 4.78 is 5.65. The Morgan fingerprint density at radius 2 is 1.66 bits per heavy atom. The molecule has 0 atom stereocenters. The molecule has 2 aliphatic rings. The van der Waals surface area contributed by atoms with E-state index in [2.05, 4.69) is 29.6 Å². The van der Waals surface area contributed by atoms with Crippen LogP contribution in [0.3, 0.4) is 0 Å². The normalized spacial score (nSPS) is 15.5. The number of ether oxygens (including phenoxy) is 1. The predicted octanol–water partition coefficient (Wildman–Crippen LogP) is 4.80. The Labute approximate surface area is 206 Å². The SMILES string of the molecule is CN(CCCCC(=O)O)C(=O)CC1(CNC(=O)OCC2c3ccccc3-c3ccccc32)CCC1. The molecule has 0 unspecified atom stereocenters. The molecule has 35 heavy (non-hydrogen) atoms. The minimum absolute atomic E-state index is 0.0159. The minimum Gasteiger partial charge on any atom is -0.481 e. The van der Waals surface area contributed by atoms with Crippen LogP contribution in [0, 0.1) is 5.41 Å². The highest BCUT2D eigenvalue weighted by atomic mass is 16.5. The van der Waals surface area contributed by atoms with Crippen LogP contribution in [0.15, 0.2) is 48.5 Å². The van der Waals surface area contributed by atoms with Crippen LogP contribution < -0.4 is 5.32 Å². The molecule has 186 valence electrons. The highest BCUT2D eigenvalue weighted by Gasteiger charge is 2.40. The topological polar surface area (TPSA) is 95.9 Å². The molecule has 2 aromatic carbocycles. The number of benzene rings is 2. The lowest BCUT2D eigenvalue weighted by Crippen LogP contribution is -2.45.